The molecule has 4 atom stereocenters. The van der Waals surface area contributed by atoms with Gasteiger partial charge in [0.1, 0.15) is 0 Å². The Morgan fingerprint density at radius 2 is 2.06 bits per heavy atom. The van der Waals surface area contributed by atoms with Crippen LogP contribution in [0.4, 0.5) is 0 Å². The fourth-order valence-electron chi connectivity index (χ4n) is 2.57. The van der Waals surface area contributed by atoms with Gasteiger partial charge in [0.05, 0.1) is 6.42 Å². The highest BCUT2D eigenvalue weighted by atomic mass is 32.2. The van der Waals surface area contributed by atoms with E-state index < -0.39 is 16.8 Å². The summed E-state index contributed by atoms with van der Waals surface area (Å²) in [7, 11) is -0.983. The molecule has 0 aromatic rings. The van der Waals surface area contributed by atoms with Crippen molar-refractivity contribution in [2.75, 3.05) is 0 Å². The Labute approximate surface area is 100 Å². The average molecular weight is 246 g/mol. The first-order chi connectivity index (χ1) is 7.56. The van der Waals surface area contributed by atoms with Crippen LogP contribution in [0.25, 0.3) is 0 Å². The zero-order chi connectivity index (χ0) is 12.1. The summed E-state index contributed by atoms with van der Waals surface area (Å²) in [5.74, 6) is -0.310. The minimum Gasteiger partial charge on any atom is -0.481 e. The molecule has 1 N–H and O–H groups in total. The fourth-order valence-corrected chi connectivity index (χ4v) is 4.58. The van der Waals surface area contributed by atoms with Gasteiger partial charge in [-0.3, -0.25) is 9.00 Å². The summed E-state index contributed by atoms with van der Waals surface area (Å²) in [6.45, 7) is 3.94. The van der Waals surface area contributed by atoms with Crippen molar-refractivity contribution in [3.8, 4) is 0 Å². The van der Waals surface area contributed by atoms with Gasteiger partial charge >= 0.3 is 5.97 Å². The van der Waals surface area contributed by atoms with E-state index in [9.17, 15) is 9.00 Å². The second kappa shape index (κ2) is 6.38. The van der Waals surface area contributed by atoms with E-state index in [4.69, 9.17) is 5.11 Å². The molecule has 16 heavy (non-hydrogen) atoms. The van der Waals surface area contributed by atoms with Crippen molar-refractivity contribution in [1.29, 1.82) is 0 Å². The molecule has 4 heteroatoms. The number of rotatable bonds is 5. The van der Waals surface area contributed by atoms with E-state index in [2.05, 4.69) is 6.92 Å². The molecule has 0 spiro atoms. The van der Waals surface area contributed by atoms with Crippen molar-refractivity contribution in [2.45, 2.75) is 62.9 Å². The van der Waals surface area contributed by atoms with Crippen LogP contribution >= 0.6 is 0 Å². The van der Waals surface area contributed by atoms with Crippen molar-refractivity contribution >= 4 is 16.8 Å². The third-order valence-corrected chi connectivity index (χ3v) is 5.70. The Kier molecular flexibility index (Phi) is 5.46. The molecule has 0 aromatic carbocycles. The topological polar surface area (TPSA) is 54.4 Å². The lowest BCUT2D eigenvalue weighted by Crippen LogP contribution is -2.34. The molecule has 1 saturated carbocycles. The number of hydrogen-bond donors (Lipinski definition) is 1. The predicted molar refractivity (Wildman–Crippen MR) is 65.9 cm³/mol. The lowest BCUT2D eigenvalue weighted by atomic mass is 9.87. The van der Waals surface area contributed by atoms with Crippen molar-refractivity contribution in [3.63, 3.8) is 0 Å². The van der Waals surface area contributed by atoms with Crippen LogP contribution in [-0.2, 0) is 15.6 Å². The molecule has 94 valence electrons. The van der Waals surface area contributed by atoms with Crippen molar-refractivity contribution < 1.29 is 14.1 Å². The quantitative estimate of drug-likeness (QED) is 0.811. The van der Waals surface area contributed by atoms with E-state index in [1.54, 1.807) is 6.92 Å². The summed E-state index contributed by atoms with van der Waals surface area (Å²) in [5, 5.41) is 8.74. The van der Waals surface area contributed by atoms with Crippen LogP contribution in [0.1, 0.15) is 52.4 Å². The minimum atomic E-state index is -0.983. The molecule has 0 aromatic heterocycles. The summed E-state index contributed by atoms with van der Waals surface area (Å²) in [6, 6.07) is 0. The van der Waals surface area contributed by atoms with Gasteiger partial charge in [-0.1, -0.05) is 33.1 Å². The molecule has 3 nitrogen and oxygen atoms in total. The van der Waals surface area contributed by atoms with Gasteiger partial charge in [0.25, 0.3) is 0 Å². The summed E-state index contributed by atoms with van der Waals surface area (Å²) in [6.07, 6.45) is 5.64. The second-order valence-corrected chi connectivity index (χ2v) is 6.80. The molecule has 1 aliphatic rings. The lowest BCUT2D eigenvalue weighted by molar-refractivity contribution is -0.136. The standard InChI is InChI=1S/C12H22O3S/c1-3-10-6-4-5-7-11(10)16(15)9(2)8-12(13)14/h9-11H,3-8H2,1-2H3,(H,13,14). The first kappa shape index (κ1) is 13.7. The predicted octanol–water partition coefficient (Wildman–Crippen LogP) is 2.57. The number of carboxylic acids is 1. The third kappa shape index (κ3) is 3.58. The van der Waals surface area contributed by atoms with Crippen molar-refractivity contribution in [3.05, 3.63) is 0 Å². The molecule has 0 heterocycles. The van der Waals surface area contributed by atoms with Gasteiger partial charge in [-0.05, 0) is 18.8 Å². The van der Waals surface area contributed by atoms with Crippen LogP contribution in [0, 0.1) is 5.92 Å². The van der Waals surface area contributed by atoms with Crippen LogP contribution < -0.4 is 0 Å². The van der Waals surface area contributed by atoms with E-state index in [0.29, 0.717) is 5.92 Å². The van der Waals surface area contributed by atoms with E-state index >= 15 is 0 Å². The van der Waals surface area contributed by atoms with Gasteiger partial charge in [-0.2, -0.15) is 0 Å². The Hall–Kier alpha value is -0.380. The molecule has 0 amide bonds. The van der Waals surface area contributed by atoms with E-state index in [1.165, 1.54) is 6.42 Å². The molecule has 0 bridgehead atoms. The van der Waals surface area contributed by atoms with E-state index in [0.717, 1.165) is 25.7 Å². The normalized spacial score (nSPS) is 29.6. The average Bonchev–Trinajstić information content (AvgIpc) is 2.27. The number of carbonyl (C=O) groups is 1. The lowest BCUT2D eigenvalue weighted by Gasteiger charge is -2.31. The molecular weight excluding hydrogens is 224 g/mol. The highest BCUT2D eigenvalue weighted by Gasteiger charge is 2.31. The molecule has 0 aliphatic heterocycles. The Morgan fingerprint density at radius 1 is 1.44 bits per heavy atom. The smallest absolute Gasteiger partial charge is 0.304 e. The van der Waals surface area contributed by atoms with Gasteiger partial charge in [0, 0.05) is 21.3 Å². The van der Waals surface area contributed by atoms with Gasteiger partial charge in [0.15, 0.2) is 0 Å². The van der Waals surface area contributed by atoms with Gasteiger partial charge < -0.3 is 5.11 Å². The molecule has 0 radical (unpaired) electrons. The number of aliphatic carboxylic acids is 1. The van der Waals surface area contributed by atoms with Gasteiger partial charge in [-0.15, -0.1) is 0 Å². The maximum atomic E-state index is 12.3. The third-order valence-electron chi connectivity index (χ3n) is 3.52. The van der Waals surface area contributed by atoms with Crippen molar-refractivity contribution in [1.82, 2.24) is 0 Å². The molecule has 0 saturated heterocycles. The minimum absolute atomic E-state index is 0.0273. The van der Waals surface area contributed by atoms with Gasteiger partial charge in [-0.25, -0.2) is 0 Å². The molecule has 1 rings (SSSR count). The fraction of sp³-hybridized carbons (Fsp3) is 0.917. The summed E-state index contributed by atoms with van der Waals surface area (Å²) >= 11 is 0. The highest BCUT2D eigenvalue weighted by Crippen LogP contribution is 2.32. The van der Waals surface area contributed by atoms with Crippen molar-refractivity contribution in [2.24, 2.45) is 5.92 Å². The van der Waals surface area contributed by atoms with Crippen LogP contribution in [0.15, 0.2) is 0 Å². The Bertz CT molecular complexity index is 265. The first-order valence-corrected chi connectivity index (χ1v) is 7.45. The van der Waals surface area contributed by atoms with Crippen LogP contribution in [0.5, 0.6) is 0 Å². The second-order valence-electron chi connectivity index (χ2n) is 4.73. The van der Waals surface area contributed by atoms with E-state index in [1.807, 2.05) is 0 Å². The summed E-state index contributed by atoms with van der Waals surface area (Å²) in [4.78, 5) is 10.6. The zero-order valence-corrected chi connectivity index (χ0v) is 11.0. The molecule has 1 fully saturated rings. The Balaban J connectivity index is 2.59. The largest absolute Gasteiger partial charge is 0.481 e. The van der Waals surface area contributed by atoms with E-state index in [-0.39, 0.29) is 16.9 Å². The maximum Gasteiger partial charge on any atom is 0.304 e. The summed E-state index contributed by atoms with van der Waals surface area (Å²) in [5.41, 5.74) is 0. The number of hydrogen-bond acceptors (Lipinski definition) is 2. The van der Waals surface area contributed by atoms with Crippen LogP contribution in [0.2, 0.25) is 0 Å². The monoisotopic (exact) mass is 246 g/mol. The Morgan fingerprint density at radius 3 is 2.62 bits per heavy atom. The van der Waals surface area contributed by atoms with Crippen LogP contribution in [-0.4, -0.2) is 25.8 Å². The maximum absolute atomic E-state index is 12.3. The number of carboxylic acid groups (broad SMARTS) is 1. The SMILES string of the molecule is CCC1CCCCC1S(=O)C(C)CC(=O)O. The molecular formula is C12H22O3S. The molecule has 4 unspecified atom stereocenters. The summed E-state index contributed by atoms with van der Waals surface area (Å²) < 4.78 is 12.3. The molecule has 1 aliphatic carbocycles. The highest BCUT2D eigenvalue weighted by molar-refractivity contribution is 7.86. The van der Waals surface area contributed by atoms with Gasteiger partial charge in [0.2, 0.25) is 0 Å². The van der Waals surface area contributed by atoms with Crippen LogP contribution in [0.3, 0.4) is 0 Å². The zero-order valence-electron chi connectivity index (χ0n) is 10.1. The first-order valence-electron chi connectivity index (χ1n) is 6.17.